The number of benzene rings is 2. The van der Waals surface area contributed by atoms with Crippen molar-refractivity contribution >= 4 is 40.7 Å². The number of carbonyl (C=O) groups excluding carboxylic acids is 2. The SMILES string of the molecule is O=C1C[C@@H](C(=O)Nc2ccccc2Cl)N=C(Nc2ccccc2)N1. The second kappa shape index (κ2) is 7.14. The Labute approximate surface area is 143 Å². The lowest BCUT2D eigenvalue weighted by Crippen LogP contribution is -2.45. The number of anilines is 2. The smallest absolute Gasteiger partial charge is 0.249 e. The minimum absolute atomic E-state index is 0.0176. The number of aliphatic imine (C=N–C) groups is 1. The predicted molar refractivity (Wildman–Crippen MR) is 94.1 cm³/mol. The van der Waals surface area contributed by atoms with Crippen LogP contribution in [0.2, 0.25) is 5.02 Å². The molecule has 1 aliphatic rings. The van der Waals surface area contributed by atoms with Crippen molar-refractivity contribution in [1.82, 2.24) is 5.32 Å². The first-order valence-corrected chi connectivity index (χ1v) is 7.75. The van der Waals surface area contributed by atoms with Crippen LogP contribution >= 0.6 is 11.6 Å². The van der Waals surface area contributed by atoms with Gasteiger partial charge in [-0.15, -0.1) is 0 Å². The van der Waals surface area contributed by atoms with E-state index in [4.69, 9.17) is 11.6 Å². The van der Waals surface area contributed by atoms with Crippen molar-refractivity contribution in [3.05, 3.63) is 59.6 Å². The summed E-state index contributed by atoms with van der Waals surface area (Å²) >= 11 is 6.03. The molecule has 0 saturated carbocycles. The average molecular weight is 343 g/mol. The number of guanidine groups is 1. The number of nitrogens with zero attached hydrogens (tertiary/aromatic N) is 1. The molecule has 24 heavy (non-hydrogen) atoms. The Kier molecular flexibility index (Phi) is 4.77. The highest BCUT2D eigenvalue weighted by molar-refractivity contribution is 6.33. The van der Waals surface area contributed by atoms with Gasteiger partial charge in [0.05, 0.1) is 17.1 Å². The van der Waals surface area contributed by atoms with E-state index in [1.165, 1.54) is 0 Å². The van der Waals surface area contributed by atoms with Gasteiger partial charge < -0.3 is 10.6 Å². The summed E-state index contributed by atoms with van der Waals surface area (Å²) in [5, 5.41) is 8.73. The summed E-state index contributed by atoms with van der Waals surface area (Å²) < 4.78 is 0. The lowest BCUT2D eigenvalue weighted by atomic mass is 10.1. The summed E-state index contributed by atoms with van der Waals surface area (Å²) in [5.41, 5.74) is 1.26. The molecule has 0 aliphatic carbocycles. The number of nitrogens with one attached hydrogen (secondary N) is 3. The molecule has 6 nitrogen and oxygen atoms in total. The van der Waals surface area contributed by atoms with Crippen LogP contribution in [0.15, 0.2) is 59.6 Å². The van der Waals surface area contributed by atoms with Crippen molar-refractivity contribution in [2.24, 2.45) is 4.99 Å². The Morgan fingerprint density at radius 2 is 1.83 bits per heavy atom. The van der Waals surface area contributed by atoms with Crippen LogP contribution in [-0.2, 0) is 9.59 Å². The van der Waals surface area contributed by atoms with E-state index in [1.807, 2.05) is 30.3 Å². The van der Waals surface area contributed by atoms with Crippen LogP contribution in [0.25, 0.3) is 0 Å². The second-order valence-electron chi connectivity index (χ2n) is 5.21. The Bertz CT molecular complexity index is 792. The van der Waals surface area contributed by atoms with E-state index >= 15 is 0 Å². The van der Waals surface area contributed by atoms with Crippen molar-refractivity contribution in [3.63, 3.8) is 0 Å². The van der Waals surface area contributed by atoms with Crippen molar-refractivity contribution in [2.45, 2.75) is 12.5 Å². The fraction of sp³-hybridized carbons (Fsp3) is 0.118. The Balaban J connectivity index is 1.74. The molecule has 7 heteroatoms. The number of para-hydroxylation sites is 2. The fourth-order valence-corrected chi connectivity index (χ4v) is 2.43. The van der Waals surface area contributed by atoms with Crippen LogP contribution in [0.4, 0.5) is 11.4 Å². The van der Waals surface area contributed by atoms with Gasteiger partial charge >= 0.3 is 0 Å². The summed E-state index contributed by atoms with van der Waals surface area (Å²) in [7, 11) is 0. The van der Waals surface area contributed by atoms with Crippen LogP contribution in [0.3, 0.4) is 0 Å². The van der Waals surface area contributed by atoms with Gasteiger partial charge in [-0.05, 0) is 24.3 Å². The van der Waals surface area contributed by atoms with E-state index in [-0.39, 0.29) is 24.2 Å². The van der Waals surface area contributed by atoms with Gasteiger partial charge in [0.2, 0.25) is 17.8 Å². The molecule has 1 atom stereocenters. The molecule has 2 amide bonds. The largest absolute Gasteiger partial charge is 0.326 e. The molecule has 0 bridgehead atoms. The number of carbonyl (C=O) groups is 2. The minimum atomic E-state index is -0.818. The van der Waals surface area contributed by atoms with E-state index in [0.29, 0.717) is 10.7 Å². The molecule has 122 valence electrons. The maximum Gasteiger partial charge on any atom is 0.249 e. The monoisotopic (exact) mass is 342 g/mol. The highest BCUT2D eigenvalue weighted by atomic mass is 35.5. The summed E-state index contributed by atoms with van der Waals surface area (Å²) in [5.74, 6) is -0.412. The minimum Gasteiger partial charge on any atom is -0.326 e. The van der Waals surface area contributed by atoms with Gasteiger partial charge in [-0.2, -0.15) is 0 Å². The maximum absolute atomic E-state index is 12.4. The van der Waals surface area contributed by atoms with E-state index in [9.17, 15) is 9.59 Å². The Morgan fingerprint density at radius 1 is 1.12 bits per heavy atom. The van der Waals surface area contributed by atoms with Gasteiger partial charge in [-0.25, -0.2) is 4.99 Å². The van der Waals surface area contributed by atoms with Crippen LogP contribution < -0.4 is 16.0 Å². The van der Waals surface area contributed by atoms with Gasteiger partial charge in [0, 0.05) is 5.69 Å². The Morgan fingerprint density at radius 3 is 2.58 bits per heavy atom. The molecule has 1 aliphatic heterocycles. The molecule has 1 heterocycles. The fourth-order valence-electron chi connectivity index (χ4n) is 2.24. The van der Waals surface area contributed by atoms with Gasteiger partial charge in [-0.1, -0.05) is 41.9 Å². The molecule has 3 N–H and O–H groups in total. The number of hydrogen-bond acceptors (Lipinski definition) is 4. The molecular formula is C17H15ClN4O2. The third-order valence-electron chi connectivity index (χ3n) is 3.39. The molecule has 0 radical (unpaired) electrons. The summed E-state index contributed by atoms with van der Waals surface area (Å²) in [6.45, 7) is 0. The first kappa shape index (κ1) is 16.0. The van der Waals surface area contributed by atoms with Crippen LogP contribution in [0, 0.1) is 0 Å². The average Bonchev–Trinajstić information content (AvgIpc) is 2.57. The zero-order chi connectivity index (χ0) is 16.9. The molecule has 0 unspecified atom stereocenters. The quantitative estimate of drug-likeness (QED) is 0.802. The van der Waals surface area contributed by atoms with Crippen LogP contribution in [0.1, 0.15) is 6.42 Å². The molecule has 0 spiro atoms. The van der Waals surface area contributed by atoms with E-state index < -0.39 is 6.04 Å². The highest BCUT2D eigenvalue weighted by Crippen LogP contribution is 2.21. The van der Waals surface area contributed by atoms with Crippen LogP contribution in [-0.4, -0.2) is 23.8 Å². The normalized spacial score (nSPS) is 16.8. The van der Waals surface area contributed by atoms with Gasteiger partial charge in [0.15, 0.2) is 0 Å². The second-order valence-corrected chi connectivity index (χ2v) is 5.61. The topological polar surface area (TPSA) is 82.6 Å². The highest BCUT2D eigenvalue weighted by Gasteiger charge is 2.27. The molecular weight excluding hydrogens is 328 g/mol. The van der Waals surface area contributed by atoms with E-state index in [2.05, 4.69) is 20.9 Å². The zero-order valence-electron chi connectivity index (χ0n) is 12.6. The van der Waals surface area contributed by atoms with Gasteiger partial charge in [0.1, 0.15) is 6.04 Å². The molecule has 3 rings (SSSR count). The van der Waals surface area contributed by atoms with Gasteiger partial charge in [0.25, 0.3) is 0 Å². The van der Waals surface area contributed by atoms with Crippen molar-refractivity contribution < 1.29 is 9.59 Å². The lowest BCUT2D eigenvalue weighted by Gasteiger charge is -2.21. The van der Waals surface area contributed by atoms with Crippen molar-refractivity contribution in [3.8, 4) is 0 Å². The summed E-state index contributed by atoms with van der Waals surface area (Å²) in [4.78, 5) is 28.5. The summed E-state index contributed by atoms with van der Waals surface area (Å²) in [6.07, 6.45) is -0.0176. The molecule has 0 aromatic heterocycles. The van der Waals surface area contributed by atoms with Gasteiger partial charge in [-0.3, -0.25) is 14.9 Å². The third kappa shape index (κ3) is 3.91. The van der Waals surface area contributed by atoms with Crippen molar-refractivity contribution in [2.75, 3.05) is 10.6 Å². The first-order valence-electron chi connectivity index (χ1n) is 7.37. The standard InChI is InChI=1S/C17H15ClN4O2/c18-12-8-4-5-9-13(12)20-16(24)14-10-15(23)22-17(21-14)19-11-6-2-1-3-7-11/h1-9,14H,10H2,(H,20,24)(H2,19,21,22,23)/t14-/m0/s1. The van der Waals surface area contributed by atoms with E-state index in [1.54, 1.807) is 24.3 Å². The summed E-state index contributed by atoms with van der Waals surface area (Å²) in [6, 6.07) is 15.3. The number of amides is 2. The van der Waals surface area contributed by atoms with Crippen molar-refractivity contribution in [1.29, 1.82) is 0 Å². The van der Waals surface area contributed by atoms with E-state index in [0.717, 1.165) is 5.69 Å². The zero-order valence-corrected chi connectivity index (χ0v) is 13.4. The number of rotatable bonds is 3. The molecule has 2 aromatic rings. The number of halogens is 1. The molecule has 0 fully saturated rings. The molecule has 0 saturated heterocycles. The first-order chi connectivity index (χ1) is 11.6. The number of hydrogen-bond donors (Lipinski definition) is 3. The van der Waals surface area contributed by atoms with Crippen LogP contribution in [0.5, 0.6) is 0 Å². The predicted octanol–water partition coefficient (Wildman–Crippen LogP) is 2.64. The molecule has 2 aromatic carbocycles. The third-order valence-corrected chi connectivity index (χ3v) is 3.72. The Hall–Kier alpha value is -2.86. The maximum atomic E-state index is 12.4. The lowest BCUT2D eigenvalue weighted by molar-refractivity contribution is -0.124.